The first kappa shape index (κ1) is 3.88. The van der Waals surface area contributed by atoms with E-state index in [1.165, 1.54) is 0 Å². The third-order valence-electron chi connectivity index (χ3n) is 0.801. The predicted molar refractivity (Wildman–Crippen MR) is 26.1 cm³/mol. The summed E-state index contributed by atoms with van der Waals surface area (Å²) in [6, 6.07) is 0. The van der Waals surface area contributed by atoms with Crippen LogP contribution < -0.4 is 5.32 Å². The molecule has 0 spiro atoms. The molecule has 1 heteroatoms. The Kier molecular flexibility index (Phi) is 1.28. The Bertz CT molecular complexity index is 49.0. The van der Waals surface area contributed by atoms with E-state index in [4.69, 9.17) is 0 Å². The van der Waals surface area contributed by atoms with Crippen molar-refractivity contribution < 1.29 is 0 Å². The molecule has 0 saturated carbocycles. The second-order valence-corrected chi connectivity index (χ2v) is 1.32. The maximum absolute atomic E-state index is 3.07. The number of rotatable bonds is 0. The molecule has 1 N–H and O–H groups in total. The van der Waals surface area contributed by atoms with Gasteiger partial charge < -0.3 is 5.32 Å². The zero-order chi connectivity index (χ0) is 4.24. The van der Waals surface area contributed by atoms with E-state index < -0.39 is 0 Å². The van der Waals surface area contributed by atoms with Crippen LogP contribution in [-0.2, 0) is 0 Å². The molecule has 0 amide bonds. The third kappa shape index (κ3) is 0.830. The summed E-state index contributed by atoms with van der Waals surface area (Å²) in [5.74, 6) is 0. The van der Waals surface area contributed by atoms with Gasteiger partial charge in [-0.3, -0.25) is 0 Å². The van der Waals surface area contributed by atoms with Gasteiger partial charge in [-0.25, -0.2) is 0 Å². The van der Waals surface area contributed by atoms with Crippen molar-refractivity contribution in [1.29, 1.82) is 0 Å². The minimum absolute atomic E-state index is 1.01. The van der Waals surface area contributed by atoms with Gasteiger partial charge in [0.2, 0.25) is 0 Å². The van der Waals surface area contributed by atoms with Crippen molar-refractivity contribution in [2.45, 2.75) is 6.42 Å². The fourth-order valence-corrected chi connectivity index (χ4v) is 0.482. The van der Waals surface area contributed by atoms with E-state index in [1.807, 2.05) is 0 Å². The number of hydrogen-bond donors (Lipinski definition) is 1. The molecule has 0 atom stereocenters. The van der Waals surface area contributed by atoms with E-state index in [1.54, 1.807) is 0 Å². The van der Waals surface area contributed by atoms with Crippen molar-refractivity contribution in [3.63, 3.8) is 0 Å². The molecule has 0 bridgehead atoms. The van der Waals surface area contributed by atoms with Crippen LogP contribution in [0, 0.1) is 6.54 Å². The average molecular weight is 82.1 g/mol. The first-order valence-corrected chi connectivity index (χ1v) is 2.20. The van der Waals surface area contributed by atoms with Gasteiger partial charge in [-0.2, -0.15) is 0 Å². The van der Waals surface area contributed by atoms with Crippen LogP contribution >= 0.6 is 0 Å². The number of hydrogen-bond acceptors (Lipinski definition) is 1. The molecule has 0 fully saturated rings. The summed E-state index contributed by atoms with van der Waals surface area (Å²) in [6.45, 7) is 3.07. The van der Waals surface area contributed by atoms with E-state index in [2.05, 4.69) is 24.0 Å². The zero-order valence-corrected chi connectivity index (χ0v) is 3.65. The lowest BCUT2D eigenvalue weighted by Gasteiger charge is -2.00. The van der Waals surface area contributed by atoms with Gasteiger partial charge in [0.15, 0.2) is 0 Å². The maximum Gasteiger partial charge on any atom is 0.0261 e. The maximum atomic E-state index is 3.07. The Morgan fingerprint density at radius 1 is 1.33 bits per heavy atom. The lowest BCUT2D eigenvalue weighted by Crippen LogP contribution is -2.11. The minimum Gasteiger partial charge on any atom is -0.309 e. The van der Waals surface area contributed by atoms with Crippen LogP contribution in [0.4, 0.5) is 0 Å². The van der Waals surface area contributed by atoms with Crippen molar-refractivity contribution in [2.24, 2.45) is 0 Å². The summed E-state index contributed by atoms with van der Waals surface area (Å²) in [7, 11) is 0. The van der Waals surface area contributed by atoms with E-state index >= 15 is 0 Å². The summed E-state index contributed by atoms with van der Waals surface area (Å²) >= 11 is 0. The van der Waals surface area contributed by atoms with E-state index in [-0.39, 0.29) is 0 Å². The van der Waals surface area contributed by atoms with Gasteiger partial charge >= 0.3 is 0 Å². The molecule has 1 rings (SSSR count). The quantitative estimate of drug-likeness (QED) is 0.424. The fraction of sp³-hybridized carbons (Fsp3) is 0.400. The highest BCUT2D eigenvalue weighted by atomic mass is 14.8. The lowest BCUT2D eigenvalue weighted by molar-refractivity contribution is 0.829. The second-order valence-electron chi connectivity index (χ2n) is 1.32. The minimum atomic E-state index is 1.01. The molecule has 1 aliphatic rings. The topological polar surface area (TPSA) is 12.0 Å². The summed E-state index contributed by atoms with van der Waals surface area (Å²) in [5.41, 5.74) is 0. The average Bonchev–Trinajstić information content (AvgIpc) is 1.72. The largest absolute Gasteiger partial charge is 0.309 e. The molecule has 0 aromatic heterocycles. The molecule has 0 unspecified atom stereocenters. The molecular formula is C5H8N. The predicted octanol–water partition coefficient (Wildman–Crippen LogP) is 0.698. The monoisotopic (exact) mass is 82.1 g/mol. The normalized spacial score (nSPS) is 21.3. The van der Waals surface area contributed by atoms with Crippen molar-refractivity contribution in [3.8, 4) is 0 Å². The molecule has 1 aliphatic heterocycles. The second kappa shape index (κ2) is 1.98. The third-order valence-corrected chi connectivity index (χ3v) is 0.801. The van der Waals surface area contributed by atoms with Gasteiger partial charge in [-0.05, 0) is 6.42 Å². The van der Waals surface area contributed by atoms with E-state index in [9.17, 15) is 0 Å². The zero-order valence-electron chi connectivity index (χ0n) is 3.65. The molecule has 0 aromatic carbocycles. The van der Waals surface area contributed by atoms with Crippen LogP contribution in [-0.4, -0.2) is 6.54 Å². The standard InChI is InChI=1S/C5H8N/c1-2-4-6-5-3-1/h1-2,5-6H,3-4H2. The molecule has 1 radical (unpaired) electrons. The summed E-state index contributed by atoms with van der Waals surface area (Å²) in [6.07, 6.45) is 5.36. The molecule has 6 heavy (non-hydrogen) atoms. The highest BCUT2D eigenvalue weighted by Gasteiger charge is 1.85. The van der Waals surface area contributed by atoms with E-state index in [0.29, 0.717) is 0 Å². The fourth-order valence-electron chi connectivity index (χ4n) is 0.482. The first-order valence-electron chi connectivity index (χ1n) is 2.20. The molecule has 1 heterocycles. The molecule has 0 aliphatic carbocycles. The van der Waals surface area contributed by atoms with Gasteiger partial charge in [-0.15, -0.1) is 0 Å². The first-order chi connectivity index (χ1) is 3.00. The van der Waals surface area contributed by atoms with Gasteiger partial charge in [0.05, 0.1) is 0 Å². The van der Waals surface area contributed by atoms with Crippen molar-refractivity contribution in [2.75, 3.05) is 6.54 Å². The Hall–Kier alpha value is -0.300. The van der Waals surface area contributed by atoms with Crippen LogP contribution in [0.15, 0.2) is 12.2 Å². The molecule has 1 nitrogen and oxygen atoms in total. The van der Waals surface area contributed by atoms with Crippen molar-refractivity contribution in [1.82, 2.24) is 5.32 Å². The van der Waals surface area contributed by atoms with Gasteiger partial charge in [-0.1, -0.05) is 12.2 Å². The van der Waals surface area contributed by atoms with Crippen LogP contribution in [0.2, 0.25) is 0 Å². The molecule has 33 valence electrons. The Morgan fingerprint density at radius 2 is 2.33 bits per heavy atom. The van der Waals surface area contributed by atoms with E-state index in [0.717, 1.165) is 13.0 Å². The number of nitrogens with one attached hydrogen (secondary N) is 1. The smallest absolute Gasteiger partial charge is 0.0261 e. The molecule has 0 aromatic rings. The molecular weight excluding hydrogens is 74.1 g/mol. The van der Waals surface area contributed by atoms with Crippen LogP contribution in [0.3, 0.4) is 0 Å². The van der Waals surface area contributed by atoms with Crippen LogP contribution in [0.5, 0.6) is 0 Å². The lowest BCUT2D eigenvalue weighted by atomic mass is 10.3. The Labute approximate surface area is 38.1 Å². The summed E-state index contributed by atoms with van der Waals surface area (Å²) in [4.78, 5) is 0. The van der Waals surface area contributed by atoms with Crippen molar-refractivity contribution >= 4 is 0 Å². The van der Waals surface area contributed by atoms with Gasteiger partial charge in [0.1, 0.15) is 0 Å². The van der Waals surface area contributed by atoms with Crippen LogP contribution in [0.25, 0.3) is 0 Å². The van der Waals surface area contributed by atoms with Gasteiger partial charge in [0.25, 0.3) is 0 Å². The summed E-state index contributed by atoms with van der Waals surface area (Å²) in [5, 5.41) is 3.07. The Balaban J connectivity index is 2.26. The van der Waals surface area contributed by atoms with Crippen LogP contribution in [0.1, 0.15) is 6.42 Å². The SMILES string of the molecule is [CH]1CC=CCN1. The molecule has 0 saturated heterocycles. The highest BCUT2D eigenvalue weighted by molar-refractivity contribution is 4.93. The van der Waals surface area contributed by atoms with Gasteiger partial charge in [0, 0.05) is 13.1 Å². The highest BCUT2D eigenvalue weighted by Crippen LogP contribution is 1.89. The summed E-state index contributed by atoms with van der Waals surface area (Å²) < 4.78 is 0. The van der Waals surface area contributed by atoms with Crippen molar-refractivity contribution in [3.05, 3.63) is 18.7 Å². The Morgan fingerprint density at radius 3 is 2.50 bits per heavy atom.